The van der Waals surface area contributed by atoms with Crippen molar-refractivity contribution < 1.29 is 18.0 Å². The normalized spacial score (nSPS) is 14.9. The van der Waals surface area contributed by atoms with Gasteiger partial charge in [-0.25, -0.2) is 22.7 Å². The molecule has 0 atom stereocenters. The summed E-state index contributed by atoms with van der Waals surface area (Å²) in [5, 5.41) is 8.66. The predicted molar refractivity (Wildman–Crippen MR) is 108 cm³/mol. The number of halogens is 1. The van der Waals surface area contributed by atoms with Gasteiger partial charge in [-0.1, -0.05) is 30.9 Å². The topological polar surface area (TPSA) is 116 Å². The van der Waals surface area contributed by atoms with Crippen LogP contribution in [0.1, 0.15) is 44.9 Å². The molecular weight excluding hydrogens is 404 g/mol. The van der Waals surface area contributed by atoms with Crippen LogP contribution >= 0.6 is 11.6 Å². The summed E-state index contributed by atoms with van der Waals surface area (Å²) in [6, 6.07) is 4.83. The quantitative estimate of drug-likeness (QED) is 0.474. The maximum absolute atomic E-state index is 12.1. The fourth-order valence-electron chi connectivity index (χ4n) is 2.97. The molecule has 10 heteroatoms. The summed E-state index contributed by atoms with van der Waals surface area (Å²) in [6.07, 6.45) is 6.90. The van der Waals surface area contributed by atoms with E-state index in [-0.39, 0.29) is 17.0 Å². The average Bonchev–Trinajstić information content (AvgIpc) is 2.65. The molecule has 1 aliphatic carbocycles. The Labute approximate surface area is 170 Å². The smallest absolute Gasteiger partial charge is 0.328 e. The minimum absolute atomic E-state index is 0.0415. The van der Waals surface area contributed by atoms with Crippen molar-refractivity contribution >= 4 is 33.7 Å². The van der Waals surface area contributed by atoms with E-state index < -0.39 is 16.1 Å². The Kier molecular flexibility index (Phi) is 8.85. The molecule has 0 unspecified atom stereocenters. The maximum Gasteiger partial charge on any atom is 0.328 e. The maximum atomic E-state index is 12.1. The van der Waals surface area contributed by atoms with Gasteiger partial charge >= 0.3 is 12.1 Å². The van der Waals surface area contributed by atoms with Crippen LogP contribution in [0.3, 0.4) is 0 Å². The average molecular weight is 431 g/mol. The van der Waals surface area contributed by atoms with Crippen LogP contribution in [0, 0.1) is 0 Å². The van der Waals surface area contributed by atoms with E-state index in [1.54, 1.807) is 0 Å². The van der Waals surface area contributed by atoms with Crippen LogP contribution in [0.25, 0.3) is 0 Å². The van der Waals surface area contributed by atoms with Crippen molar-refractivity contribution in [2.75, 3.05) is 13.1 Å². The molecule has 0 saturated heterocycles. The first-order valence-electron chi connectivity index (χ1n) is 9.47. The van der Waals surface area contributed by atoms with Crippen molar-refractivity contribution in [1.29, 1.82) is 0 Å². The molecule has 1 aromatic rings. The molecule has 156 valence electrons. The number of urea groups is 2. The third-order valence-corrected chi connectivity index (χ3v) is 6.06. The Morgan fingerprint density at radius 3 is 2.11 bits per heavy atom. The van der Waals surface area contributed by atoms with E-state index in [1.807, 2.05) is 4.72 Å². The zero-order valence-corrected chi connectivity index (χ0v) is 17.2. The summed E-state index contributed by atoms with van der Waals surface area (Å²) in [5.74, 6) is 0. The zero-order chi connectivity index (χ0) is 20.4. The molecular formula is C18H27ClN4O4S. The largest absolute Gasteiger partial charge is 0.338 e. The molecule has 8 nitrogen and oxygen atoms in total. The molecule has 1 aromatic carbocycles. The zero-order valence-electron chi connectivity index (χ0n) is 15.7. The van der Waals surface area contributed by atoms with E-state index >= 15 is 0 Å². The minimum atomic E-state index is -3.94. The Morgan fingerprint density at radius 1 is 0.929 bits per heavy atom. The van der Waals surface area contributed by atoms with Crippen LogP contribution in [0.5, 0.6) is 0 Å². The lowest BCUT2D eigenvalue weighted by molar-refractivity contribution is 0.232. The predicted octanol–water partition coefficient (Wildman–Crippen LogP) is 2.74. The second kappa shape index (κ2) is 11.1. The van der Waals surface area contributed by atoms with Crippen LogP contribution in [-0.4, -0.2) is 39.6 Å². The highest BCUT2D eigenvalue weighted by Gasteiger charge is 2.17. The lowest BCUT2D eigenvalue weighted by Gasteiger charge is -2.22. The van der Waals surface area contributed by atoms with Crippen LogP contribution in [0.4, 0.5) is 9.59 Å². The first kappa shape index (κ1) is 22.3. The molecule has 0 aromatic heterocycles. The third-order valence-electron chi connectivity index (χ3n) is 4.47. The molecule has 0 bridgehead atoms. The lowest BCUT2D eigenvalue weighted by atomic mass is 9.96. The first-order valence-corrected chi connectivity index (χ1v) is 11.3. The van der Waals surface area contributed by atoms with Crippen molar-refractivity contribution in [3.63, 3.8) is 0 Å². The van der Waals surface area contributed by atoms with Gasteiger partial charge in [0, 0.05) is 24.2 Å². The number of nitrogens with one attached hydrogen (secondary N) is 4. The molecule has 0 aliphatic heterocycles. The summed E-state index contributed by atoms with van der Waals surface area (Å²) in [4.78, 5) is 23.5. The minimum Gasteiger partial charge on any atom is -0.338 e. The number of hydrogen-bond donors (Lipinski definition) is 4. The number of unbranched alkanes of at least 4 members (excludes halogenated alkanes) is 1. The molecule has 0 heterocycles. The van der Waals surface area contributed by atoms with Gasteiger partial charge < -0.3 is 16.0 Å². The highest BCUT2D eigenvalue weighted by Crippen LogP contribution is 2.17. The van der Waals surface area contributed by atoms with Crippen LogP contribution < -0.4 is 20.7 Å². The third kappa shape index (κ3) is 7.93. The van der Waals surface area contributed by atoms with Crippen molar-refractivity contribution in [2.45, 2.75) is 55.9 Å². The van der Waals surface area contributed by atoms with E-state index in [2.05, 4.69) is 16.0 Å². The van der Waals surface area contributed by atoms with Crippen molar-refractivity contribution in [3.8, 4) is 0 Å². The molecule has 0 spiro atoms. The summed E-state index contributed by atoms with van der Waals surface area (Å²) in [7, 11) is -3.94. The number of rotatable bonds is 8. The summed E-state index contributed by atoms with van der Waals surface area (Å²) in [5.41, 5.74) is 0. The van der Waals surface area contributed by atoms with Gasteiger partial charge in [-0.3, -0.25) is 0 Å². The van der Waals surface area contributed by atoms with Gasteiger partial charge in [0.2, 0.25) is 0 Å². The number of carbonyl (C=O) groups excluding carboxylic acids is 2. The molecule has 28 heavy (non-hydrogen) atoms. The number of benzene rings is 1. The molecule has 4 N–H and O–H groups in total. The van der Waals surface area contributed by atoms with Crippen LogP contribution in [0.2, 0.25) is 5.02 Å². The molecule has 2 rings (SSSR count). The van der Waals surface area contributed by atoms with E-state index in [9.17, 15) is 18.0 Å². The highest BCUT2D eigenvalue weighted by atomic mass is 35.5. The van der Waals surface area contributed by atoms with Crippen molar-refractivity contribution in [2.24, 2.45) is 0 Å². The Hall–Kier alpha value is -2.00. The number of sulfonamides is 1. The second-order valence-corrected chi connectivity index (χ2v) is 8.88. The van der Waals surface area contributed by atoms with E-state index in [0.717, 1.165) is 25.7 Å². The fraction of sp³-hybridized carbons (Fsp3) is 0.556. The number of amides is 4. The number of carbonyl (C=O) groups is 2. The summed E-state index contributed by atoms with van der Waals surface area (Å²) >= 11 is 5.72. The first-order chi connectivity index (χ1) is 13.4. The van der Waals surface area contributed by atoms with Crippen LogP contribution in [-0.2, 0) is 10.0 Å². The van der Waals surface area contributed by atoms with Crippen molar-refractivity contribution in [1.82, 2.24) is 20.7 Å². The van der Waals surface area contributed by atoms with E-state index in [0.29, 0.717) is 31.0 Å². The van der Waals surface area contributed by atoms with Gasteiger partial charge in [0.1, 0.15) is 0 Å². The molecule has 4 amide bonds. The molecule has 1 aliphatic rings. The standard InChI is InChI=1S/C18H27ClN4O4S/c19-14-8-10-16(11-9-14)28(26,27)23-18(25)21-13-5-4-12-20-17(24)22-15-6-2-1-3-7-15/h8-11,15H,1-7,12-13H2,(H2,20,22,24)(H2,21,23,25). The summed E-state index contributed by atoms with van der Waals surface area (Å²) in [6.45, 7) is 0.790. The van der Waals surface area contributed by atoms with Crippen LogP contribution in [0.15, 0.2) is 29.2 Å². The van der Waals surface area contributed by atoms with Crippen molar-refractivity contribution in [3.05, 3.63) is 29.3 Å². The SMILES string of the molecule is O=C(NCCCCNC(=O)NS(=O)(=O)c1ccc(Cl)cc1)NC1CCCCC1. The fourth-order valence-corrected chi connectivity index (χ4v) is 4.02. The molecule has 1 fully saturated rings. The Balaban J connectivity index is 1.57. The van der Waals surface area contributed by atoms with Gasteiger partial charge in [-0.05, 0) is 49.9 Å². The Morgan fingerprint density at radius 2 is 1.50 bits per heavy atom. The highest BCUT2D eigenvalue weighted by molar-refractivity contribution is 7.90. The number of hydrogen-bond acceptors (Lipinski definition) is 4. The van der Waals surface area contributed by atoms with Gasteiger partial charge in [0.05, 0.1) is 4.90 Å². The molecule has 1 saturated carbocycles. The van der Waals surface area contributed by atoms with Gasteiger partial charge in [0.25, 0.3) is 10.0 Å². The van der Waals surface area contributed by atoms with E-state index in [1.165, 1.54) is 30.7 Å². The van der Waals surface area contributed by atoms with Gasteiger partial charge in [-0.2, -0.15) is 0 Å². The monoisotopic (exact) mass is 430 g/mol. The van der Waals surface area contributed by atoms with E-state index in [4.69, 9.17) is 11.6 Å². The lowest BCUT2D eigenvalue weighted by Crippen LogP contribution is -2.43. The molecule has 0 radical (unpaired) electrons. The summed E-state index contributed by atoms with van der Waals surface area (Å²) < 4.78 is 26.1. The second-order valence-electron chi connectivity index (χ2n) is 6.76. The van der Waals surface area contributed by atoms with Gasteiger partial charge in [0.15, 0.2) is 0 Å². The van der Waals surface area contributed by atoms with Gasteiger partial charge in [-0.15, -0.1) is 0 Å². The Bertz CT molecular complexity index is 749.